The smallest absolute Gasteiger partial charge is 0.181 e. The van der Waals surface area contributed by atoms with Crippen LogP contribution in [-0.2, 0) is 14.6 Å². The quantitative estimate of drug-likeness (QED) is 0.451. The van der Waals surface area contributed by atoms with Crippen molar-refractivity contribution in [3.63, 3.8) is 0 Å². The standard InChI is InChI=1S/C32H46O5S/c1-30-14-12-24(33)18-22(30)8-10-27-28-11-9-23(31(28,2)15-13-29(27)30)19-26(20-32(34)16-17-37-21-32)38(35,36)25-6-4-3-5-7-25/h3-8,23-24,26-29,33-34H,9-21H2,1-2H3/t23-,24?,26?,27?,28?,29?,30+,31?,32?/m1/s1. The fraction of sp³-hybridized carbons (Fsp3) is 0.750. The molecule has 1 heterocycles. The largest absolute Gasteiger partial charge is 0.393 e. The zero-order valence-electron chi connectivity index (χ0n) is 23.1. The third-order valence-corrected chi connectivity index (χ3v) is 14.2. The van der Waals surface area contributed by atoms with E-state index in [0.29, 0.717) is 48.0 Å². The highest BCUT2D eigenvalue weighted by molar-refractivity contribution is 7.92. The van der Waals surface area contributed by atoms with Crippen LogP contribution in [0.5, 0.6) is 0 Å². The van der Waals surface area contributed by atoms with Crippen LogP contribution in [0.1, 0.15) is 84.5 Å². The zero-order chi connectivity index (χ0) is 26.8. The Balaban J connectivity index is 1.27. The Morgan fingerprint density at radius 1 is 1.03 bits per heavy atom. The van der Waals surface area contributed by atoms with E-state index >= 15 is 0 Å². The van der Waals surface area contributed by atoms with Gasteiger partial charge in [0.05, 0.1) is 28.5 Å². The van der Waals surface area contributed by atoms with Gasteiger partial charge in [-0.3, -0.25) is 0 Å². The number of ether oxygens (including phenoxy) is 1. The molecule has 0 aromatic heterocycles. The van der Waals surface area contributed by atoms with Crippen molar-refractivity contribution in [1.82, 2.24) is 0 Å². The van der Waals surface area contributed by atoms with Crippen LogP contribution in [0.4, 0.5) is 0 Å². The molecule has 7 unspecified atom stereocenters. The van der Waals surface area contributed by atoms with Crippen molar-refractivity contribution in [2.45, 2.75) is 106 Å². The second kappa shape index (κ2) is 9.71. The minimum absolute atomic E-state index is 0.135. The van der Waals surface area contributed by atoms with E-state index in [-0.39, 0.29) is 30.0 Å². The molecular weight excluding hydrogens is 496 g/mol. The summed E-state index contributed by atoms with van der Waals surface area (Å²) in [7, 11) is -3.58. The first-order chi connectivity index (χ1) is 18.1. The van der Waals surface area contributed by atoms with Gasteiger partial charge >= 0.3 is 0 Å². The van der Waals surface area contributed by atoms with Crippen LogP contribution >= 0.6 is 0 Å². The van der Waals surface area contributed by atoms with Crippen molar-refractivity contribution < 1.29 is 23.4 Å². The third-order valence-electron chi connectivity index (χ3n) is 12.0. The molecule has 4 fully saturated rings. The van der Waals surface area contributed by atoms with E-state index < -0.39 is 20.7 Å². The molecule has 5 aliphatic rings. The van der Waals surface area contributed by atoms with E-state index in [1.807, 2.05) is 6.07 Å². The molecule has 1 aromatic rings. The predicted molar refractivity (Wildman–Crippen MR) is 148 cm³/mol. The molecule has 1 aliphatic heterocycles. The highest BCUT2D eigenvalue weighted by Gasteiger charge is 2.59. The van der Waals surface area contributed by atoms with Crippen LogP contribution in [0, 0.1) is 34.5 Å². The number of aliphatic hydroxyl groups is 2. The molecule has 1 aromatic carbocycles. The molecule has 0 spiro atoms. The topological polar surface area (TPSA) is 83.8 Å². The van der Waals surface area contributed by atoms with Crippen LogP contribution in [0.2, 0.25) is 0 Å². The summed E-state index contributed by atoms with van der Waals surface area (Å²) in [4.78, 5) is 0.369. The van der Waals surface area contributed by atoms with Crippen molar-refractivity contribution in [1.29, 1.82) is 0 Å². The summed E-state index contributed by atoms with van der Waals surface area (Å²) >= 11 is 0. The van der Waals surface area contributed by atoms with Crippen molar-refractivity contribution >= 4 is 9.84 Å². The van der Waals surface area contributed by atoms with Crippen molar-refractivity contribution in [2.24, 2.45) is 34.5 Å². The Kier molecular flexibility index (Phi) is 6.90. The Labute approximate surface area is 229 Å². The molecule has 0 amide bonds. The van der Waals surface area contributed by atoms with E-state index in [4.69, 9.17) is 4.74 Å². The molecule has 0 bridgehead atoms. The molecule has 4 aliphatic carbocycles. The van der Waals surface area contributed by atoms with Gasteiger partial charge in [0.15, 0.2) is 9.84 Å². The average molecular weight is 543 g/mol. The number of allylic oxidation sites excluding steroid dienone is 1. The van der Waals surface area contributed by atoms with E-state index in [9.17, 15) is 18.6 Å². The van der Waals surface area contributed by atoms with Gasteiger partial charge < -0.3 is 14.9 Å². The lowest BCUT2D eigenvalue weighted by atomic mass is 9.47. The van der Waals surface area contributed by atoms with Gasteiger partial charge in [-0.05, 0) is 111 Å². The molecule has 2 N–H and O–H groups in total. The van der Waals surface area contributed by atoms with Gasteiger partial charge in [0.1, 0.15) is 0 Å². The van der Waals surface area contributed by atoms with Gasteiger partial charge in [0.2, 0.25) is 0 Å². The van der Waals surface area contributed by atoms with Crippen LogP contribution in [0.15, 0.2) is 46.9 Å². The Morgan fingerprint density at radius 2 is 1.82 bits per heavy atom. The van der Waals surface area contributed by atoms with Crippen molar-refractivity contribution in [3.8, 4) is 0 Å². The summed E-state index contributed by atoms with van der Waals surface area (Å²) in [5, 5.41) is 21.0. The Bertz CT molecular complexity index is 1160. The molecule has 210 valence electrons. The zero-order valence-corrected chi connectivity index (χ0v) is 24.0. The van der Waals surface area contributed by atoms with Crippen LogP contribution in [0.3, 0.4) is 0 Å². The molecule has 6 heteroatoms. The van der Waals surface area contributed by atoms with Gasteiger partial charge in [-0.25, -0.2) is 8.42 Å². The molecule has 9 atom stereocenters. The Hall–Kier alpha value is -1.21. The van der Waals surface area contributed by atoms with Gasteiger partial charge in [0, 0.05) is 13.0 Å². The summed E-state index contributed by atoms with van der Waals surface area (Å²) in [6, 6.07) is 8.85. The first-order valence-electron chi connectivity index (χ1n) is 15.0. The van der Waals surface area contributed by atoms with Crippen LogP contribution in [0.25, 0.3) is 0 Å². The highest BCUT2D eigenvalue weighted by atomic mass is 32.2. The molecule has 3 saturated carbocycles. The molecule has 1 saturated heterocycles. The highest BCUT2D eigenvalue weighted by Crippen LogP contribution is 2.67. The number of hydrogen-bond donors (Lipinski definition) is 2. The van der Waals surface area contributed by atoms with Crippen LogP contribution < -0.4 is 0 Å². The fourth-order valence-corrected chi connectivity index (χ4v) is 11.7. The maximum absolute atomic E-state index is 14.0. The molecule has 38 heavy (non-hydrogen) atoms. The minimum Gasteiger partial charge on any atom is -0.393 e. The molecule has 6 rings (SSSR count). The number of aliphatic hydroxyl groups excluding tert-OH is 1. The molecule has 0 radical (unpaired) electrons. The number of rotatable bonds is 6. The Morgan fingerprint density at radius 3 is 2.55 bits per heavy atom. The first kappa shape index (κ1) is 27.0. The molecule has 5 nitrogen and oxygen atoms in total. The maximum Gasteiger partial charge on any atom is 0.181 e. The van der Waals surface area contributed by atoms with Crippen LogP contribution in [-0.4, -0.2) is 48.8 Å². The number of fused-ring (bicyclic) bond motifs is 5. The van der Waals surface area contributed by atoms with Gasteiger partial charge in [-0.15, -0.1) is 0 Å². The van der Waals surface area contributed by atoms with E-state index in [2.05, 4.69) is 19.9 Å². The summed E-state index contributed by atoms with van der Waals surface area (Å²) in [5.41, 5.74) is 0.785. The van der Waals surface area contributed by atoms with E-state index in [0.717, 1.165) is 38.5 Å². The number of hydrogen-bond acceptors (Lipinski definition) is 5. The fourth-order valence-electron chi connectivity index (χ4n) is 9.76. The van der Waals surface area contributed by atoms with Crippen molar-refractivity contribution in [2.75, 3.05) is 13.2 Å². The first-order valence-corrected chi connectivity index (χ1v) is 16.6. The summed E-state index contributed by atoms with van der Waals surface area (Å²) in [5.74, 6) is 2.28. The van der Waals surface area contributed by atoms with E-state index in [1.54, 1.807) is 24.3 Å². The summed E-state index contributed by atoms with van der Waals surface area (Å²) < 4.78 is 33.5. The summed E-state index contributed by atoms with van der Waals surface area (Å²) in [6.07, 6.45) is 12.2. The third kappa shape index (κ3) is 4.42. The lowest BCUT2D eigenvalue weighted by Crippen LogP contribution is -2.50. The van der Waals surface area contributed by atoms with Gasteiger partial charge in [0.25, 0.3) is 0 Å². The number of benzene rings is 1. The predicted octanol–water partition coefficient (Wildman–Crippen LogP) is 5.70. The number of sulfone groups is 1. The van der Waals surface area contributed by atoms with Gasteiger partial charge in [-0.2, -0.15) is 0 Å². The second-order valence-corrected chi connectivity index (χ2v) is 16.1. The second-order valence-electron chi connectivity index (χ2n) is 13.9. The van der Waals surface area contributed by atoms with Gasteiger partial charge in [-0.1, -0.05) is 43.7 Å². The summed E-state index contributed by atoms with van der Waals surface area (Å²) in [6.45, 7) is 5.64. The normalized spacial score (nSPS) is 43.6. The lowest BCUT2D eigenvalue weighted by Gasteiger charge is -2.58. The maximum atomic E-state index is 14.0. The SMILES string of the molecule is CC12CCC3C(CC=C4CC(O)CC[C@@]43C)C1CC[C@@H]2CC(CC1(O)CCOC1)S(=O)(=O)c1ccccc1. The monoisotopic (exact) mass is 542 g/mol. The molecular formula is C32H46O5S. The lowest BCUT2D eigenvalue weighted by molar-refractivity contribution is -0.0517. The minimum atomic E-state index is -3.58. The van der Waals surface area contributed by atoms with E-state index in [1.165, 1.54) is 18.4 Å². The average Bonchev–Trinajstić information content (AvgIpc) is 3.47. The van der Waals surface area contributed by atoms with Crippen molar-refractivity contribution in [3.05, 3.63) is 42.0 Å².